The zero-order valence-electron chi connectivity index (χ0n) is 14.8. The van der Waals surface area contributed by atoms with Gasteiger partial charge in [0.1, 0.15) is 11.0 Å². The largest absolute Gasteiger partial charge is 0.497 e. The topological polar surface area (TPSA) is 59.2 Å². The van der Waals surface area contributed by atoms with Crippen LogP contribution in [-0.4, -0.2) is 20.5 Å². The summed E-state index contributed by atoms with van der Waals surface area (Å²) in [6.07, 6.45) is 1.79. The van der Waals surface area contributed by atoms with Crippen LogP contribution in [-0.2, 0) is 9.84 Å². The van der Waals surface area contributed by atoms with Gasteiger partial charge in [0.2, 0.25) is 0 Å². The van der Waals surface area contributed by atoms with Crippen molar-refractivity contribution in [3.8, 4) is 5.75 Å². The number of methoxy groups -OCH3 is 1. The van der Waals surface area contributed by atoms with Crippen LogP contribution in [0.15, 0.2) is 90.0 Å². The maximum atomic E-state index is 13.6. The molecule has 4 rings (SSSR count). The van der Waals surface area contributed by atoms with E-state index in [1.165, 1.54) is 0 Å². The highest BCUT2D eigenvalue weighted by Gasteiger charge is 2.32. The number of fused-ring (bicyclic) bond motifs is 1. The first-order valence-electron chi connectivity index (χ1n) is 8.60. The van der Waals surface area contributed by atoms with Crippen LogP contribution in [0.4, 0.5) is 0 Å². The maximum Gasteiger partial charge on any atom is 0.189 e. The third kappa shape index (κ3) is 3.11. The molecule has 136 valence electrons. The lowest BCUT2D eigenvalue weighted by Gasteiger charge is -2.18. The van der Waals surface area contributed by atoms with Gasteiger partial charge in [-0.1, -0.05) is 48.5 Å². The minimum absolute atomic E-state index is 0.302. The first kappa shape index (κ1) is 17.4. The van der Waals surface area contributed by atoms with E-state index in [4.69, 9.17) is 4.74 Å². The van der Waals surface area contributed by atoms with Crippen LogP contribution in [0, 0.1) is 0 Å². The predicted octanol–water partition coefficient (Wildman–Crippen LogP) is 4.74. The van der Waals surface area contributed by atoms with Crippen molar-refractivity contribution in [2.75, 3.05) is 7.11 Å². The summed E-state index contributed by atoms with van der Waals surface area (Å²) in [7, 11) is -2.06. The Morgan fingerprint density at radius 2 is 1.52 bits per heavy atom. The SMILES string of the molecule is COc1ccc(C(c2c[nH]c3ccccc23)S(=O)(=O)c2ccccc2)cc1. The van der Waals surface area contributed by atoms with E-state index in [9.17, 15) is 8.42 Å². The molecule has 0 saturated carbocycles. The number of hydrogen-bond donors (Lipinski definition) is 1. The lowest BCUT2D eigenvalue weighted by Crippen LogP contribution is -2.15. The van der Waals surface area contributed by atoms with Gasteiger partial charge in [-0.05, 0) is 35.9 Å². The molecule has 0 aliphatic heterocycles. The summed E-state index contributed by atoms with van der Waals surface area (Å²) in [6, 6.07) is 23.5. The summed E-state index contributed by atoms with van der Waals surface area (Å²) in [5.74, 6) is 0.688. The second-order valence-corrected chi connectivity index (χ2v) is 8.33. The fourth-order valence-corrected chi connectivity index (χ4v) is 5.22. The highest BCUT2D eigenvalue weighted by Crippen LogP contribution is 2.38. The zero-order valence-corrected chi connectivity index (χ0v) is 15.6. The number of benzene rings is 3. The smallest absolute Gasteiger partial charge is 0.189 e. The van der Waals surface area contributed by atoms with Gasteiger partial charge in [0.05, 0.1) is 12.0 Å². The number of H-pyrrole nitrogens is 1. The number of sulfone groups is 1. The van der Waals surface area contributed by atoms with Crippen LogP contribution in [0.2, 0.25) is 0 Å². The molecule has 0 fully saturated rings. The van der Waals surface area contributed by atoms with Gasteiger partial charge in [-0.3, -0.25) is 0 Å². The average Bonchev–Trinajstić information content (AvgIpc) is 3.13. The summed E-state index contributed by atoms with van der Waals surface area (Å²) in [5.41, 5.74) is 2.35. The van der Waals surface area contributed by atoms with E-state index in [1.54, 1.807) is 49.7 Å². The molecular formula is C22H19NO3S. The molecule has 1 atom stereocenters. The van der Waals surface area contributed by atoms with Crippen LogP contribution in [0.5, 0.6) is 5.75 Å². The van der Waals surface area contributed by atoms with Gasteiger partial charge < -0.3 is 9.72 Å². The minimum Gasteiger partial charge on any atom is -0.497 e. The number of para-hydroxylation sites is 1. The van der Waals surface area contributed by atoms with Crippen LogP contribution in [0.25, 0.3) is 10.9 Å². The van der Waals surface area contributed by atoms with Crippen molar-refractivity contribution in [2.45, 2.75) is 10.1 Å². The number of ether oxygens (including phenoxy) is 1. The van der Waals surface area contributed by atoms with E-state index in [0.29, 0.717) is 16.2 Å². The zero-order chi connectivity index (χ0) is 18.9. The van der Waals surface area contributed by atoms with Crippen molar-refractivity contribution in [1.29, 1.82) is 0 Å². The van der Waals surface area contributed by atoms with E-state index in [0.717, 1.165) is 16.5 Å². The van der Waals surface area contributed by atoms with Gasteiger partial charge >= 0.3 is 0 Å². The van der Waals surface area contributed by atoms with Crippen molar-refractivity contribution in [3.05, 3.63) is 96.2 Å². The number of rotatable bonds is 5. The average molecular weight is 377 g/mol. The van der Waals surface area contributed by atoms with Gasteiger partial charge in [-0.25, -0.2) is 8.42 Å². The van der Waals surface area contributed by atoms with E-state index < -0.39 is 15.1 Å². The molecule has 1 N–H and O–H groups in total. The molecule has 1 aromatic heterocycles. The van der Waals surface area contributed by atoms with Gasteiger partial charge in [0.25, 0.3) is 0 Å². The van der Waals surface area contributed by atoms with E-state index in [2.05, 4.69) is 4.98 Å². The summed E-state index contributed by atoms with van der Waals surface area (Å²) in [4.78, 5) is 3.50. The number of aromatic amines is 1. The lowest BCUT2D eigenvalue weighted by atomic mass is 10.0. The Kier molecular flexibility index (Phi) is 4.46. The lowest BCUT2D eigenvalue weighted by molar-refractivity contribution is 0.414. The molecule has 0 aliphatic rings. The van der Waals surface area contributed by atoms with Crippen LogP contribution >= 0.6 is 0 Å². The van der Waals surface area contributed by atoms with E-state index in [1.807, 2.05) is 42.5 Å². The molecule has 5 heteroatoms. The third-order valence-electron chi connectivity index (χ3n) is 4.70. The monoisotopic (exact) mass is 377 g/mol. The Hall–Kier alpha value is -3.05. The van der Waals surface area contributed by atoms with Gasteiger partial charge in [0, 0.05) is 22.7 Å². The Morgan fingerprint density at radius 1 is 0.852 bits per heavy atom. The van der Waals surface area contributed by atoms with Crippen molar-refractivity contribution in [1.82, 2.24) is 4.98 Å². The Morgan fingerprint density at radius 3 is 2.22 bits per heavy atom. The molecule has 1 heterocycles. The highest BCUT2D eigenvalue weighted by molar-refractivity contribution is 7.92. The fraction of sp³-hybridized carbons (Fsp3) is 0.0909. The Labute approximate surface area is 158 Å². The molecule has 0 bridgehead atoms. The first-order chi connectivity index (χ1) is 13.1. The number of hydrogen-bond acceptors (Lipinski definition) is 3. The molecule has 3 aromatic carbocycles. The third-order valence-corrected chi connectivity index (χ3v) is 6.78. The normalized spacial score (nSPS) is 12.8. The molecule has 0 spiro atoms. The summed E-state index contributed by atoms with van der Waals surface area (Å²) < 4.78 is 32.4. The Balaban J connectivity index is 1.95. The fourth-order valence-electron chi connectivity index (χ4n) is 3.36. The maximum absolute atomic E-state index is 13.6. The van der Waals surface area contributed by atoms with E-state index in [-0.39, 0.29) is 0 Å². The molecule has 4 nitrogen and oxygen atoms in total. The first-order valence-corrected chi connectivity index (χ1v) is 10.1. The Bertz CT molecular complexity index is 1160. The molecule has 4 aromatic rings. The predicted molar refractivity (Wildman–Crippen MR) is 107 cm³/mol. The minimum atomic E-state index is -3.65. The summed E-state index contributed by atoms with van der Waals surface area (Å²) >= 11 is 0. The molecule has 0 saturated heterocycles. The van der Waals surface area contributed by atoms with Crippen LogP contribution < -0.4 is 4.74 Å². The van der Waals surface area contributed by atoms with Crippen molar-refractivity contribution >= 4 is 20.7 Å². The molecule has 0 radical (unpaired) electrons. The second kappa shape index (κ2) is 6.93. The van der Waals surface area contributed by atoms with Gasteiger partial charge in [0.15, 0.2) is 9.84 Å². The van der Waals surface area contributed by atoms with E-state index >= 15 is 0 Å². The molecular weight excluding hydrogens is 358 g/mol. The molecule has 0 amide bonds. The molecule has 27 heavy (non-hydrogen) atoms. The number of nitrogens with one attached hydrogen (secondary N) is 1. The summed E-state index contributed by atoms with van der Waals surface area (Å²) in [5, 5.41) is 0.0831. The second-order valence-electron chi connectivity index (χ2n) is 6.30. The van der Waals surface area contributed by atoms with Crippen LogP contribution in [0.1, 0.15) is 16.4 Å². The van der Waals surface area contributed by atoms with Crippen LogP contribution in [0.3, 0.4) is 0 Å². The molecule has 1 unspecified atom stereocenters. The summed E-state index contributed by atoms with van der Waals surface area (Å²) in [6.45, 7) is 0. The number of aromatic nitrogens is 1. The van der Waals surface area contributed by atoms with Crippen molar-refractivity contribution < 1.29 is 13.2 Å². The van der Waals surface area contributed by atoms with Gasteiger partial charge in [-0.2, -0.15) is 0 Å². The van der Waals surface area contributed by atoms with Crippen molar-refractivity contribution in [3.63, 3.8) is 0 Å². The standard InChI is InChI=1S/C22H19NO3S/c1-26-17-13-11-16(12-14-17)22(27(24,25)18-7-3-2-4-8-18)20-15-23-21-10-6-5-9-19(20)21/h2-15,22-23H,1H3. The van der Waals surface area contributed by atoms with Gasteiger partial charge in [-0.15, -0.1) is 0 Å². The highest BCUT2D eigenvalue weighted by atomic mass is 32.2. The van der Waals surface area contributed by atoms with Crippen molar-refractivity contribution in [2.24, 2.45) is 0 Å². The quantitative estimate of drug-likeness (QED) is 0.546. The molecule has 0 aliphatic carbocycles.